The molecule has 1 heterocycles. The number of hydrogen-bond acceptors (Lipinski definition) is 2. The van der Waals surface area contributed by atoms with Gasteiger partial charge in [-0.3, -0.25) is 4.68 Å². The highest BCUT2D eigenvalue weighted by molar-refractivity contribution is 5.24. The molecule has 0 fully saturated rings. The van der Waals surface area contributed by atoms with Crippen LogP contribution in [-0.2, 0) is 12.6 Å². The maximum atomic E-state index is 12.4. The Hall–Kier alpha value is -0.970. The summed E-state index contributed by atoms with van der Waals surface area (Å²) in [7, 11) is 1.54. The maximum Gasteiger partial charge on any atom is 0.282 e. The van der Waals surface area contributed by atoms with Gasteiger partial charge in [-0.25, -0.2) is 8.78 Å². The highest BCUT2D eigenvalue weighted by Gasteiger charge is 2.27. The summed E-state index contributed by atoms with van der Waals surface area (Å²) >= 11 is 0. The van der Waals surface area contributed by atoms with Crippen LogP contribution in [-0.4, -0.2) is 14.9 Å². The number of alkyl halides is 2. The Morgan fingerprint density at radius 2 is 2.08 bits per heavy atom. The van der Waals surface area contributed by atoms with Gasteiger partial charge in [0.15, 0.2) is 0 Å². The van der Waals surface area contributed by atoms with Gasteiger partial charge in [-0.05, 0) is 13.8 Å². The topological polar surface area (TPSA) is 38.0 Å². The van der Waals surface area contributed by atoms with Crippen LogP contribution >= 0.6 is 0 Å². The van der Waals surface area contributed by atoms with E-state index in [0.717, 1.165) is 0 Å². The van der Waals surface area contributed by atoms with Crippen LogP contribution in [0.15, 0.2) is 6.20 Å². The van der Waals surface area contributed by atoms with Gasteiger partial charge in [-0.2, -0.15) is 5.10 Å². The van der Waals surface area contributed by atoms with E-state index in [1.807, 2.05) is 0 Å². The van der Waals surface area contributed by atoms with E-state index >= 15 is 0 Å². The molecule has 13 heavy (non-hydrogen) atoms. The van der Waals surface area contributed by atoms with Crippen molar-refractivity contribution >= 4 is 0 Å². The van der Waals surface area contributed by atoms with Crippen molar-refractivity contribution in [2.75, 3.05) is 0 Å². The standard InChI is InChI=1S/C8H12F2N2O/c1-8(2,13)5-4-12(3)11-6(5)7(9)10/h4,7,13H,1-3H3. The molecule has 1 aromatic heterocycles. The molecule has 0 atom stereocenters. The molecule has 1 aromatic rings. The molecular formula is C8H12F2N2O. The molecule has 0 saturated carbocycles. The second kappa shape index (κ2) is 3.06. The van der Waals surface area contributed by atoms with Crippen LogP contribution in [0.2, 0.25) is 0 Å². The van der Waals surface area contributed by atoms with Crippen molar-refractivity contribution in [1.82, 2.24) is 9.78 Å². The number of aromatic nitrogens is 2. The zero-order chi connectivity index (χ0) is 10.2. The van der Waals surface area contributed by atoms with Gasteiger partial charge >= 0.3 is 0 Å². The van der Waals surface area contributed by atoms with Gasteiger partial charge in [-0.15, -0.1) is 0 Å². The summed E-state index contributed by atoms with van der Waals surface area (Å²) in [6, 6.07) is 0. The van der Waals surface area contributed by atoms with E-state index in [4.69, 9.17) is 0 Å². The van der Waals surface area contributed by atoms with Crippen LogP contribution in [0.1, 0.15) is 31.5 Å². The highest BCUT2D eigenvalue weighted by atomic mass is 19.3. The van der Waals surface area contributed by atoms with Gasteiger partial charge in [-0.1, -0.05) is 0 Å². The third kappa shape index (κ3) is 2.03. The zero-order valence-electron chi connectivity index (χ0n) is 7.75. The van der Waals surface area contributed by atoms with Crippen LogP contribution in [0.5, 0.6) is 0 Å². The maximum absolute atomic E-state index is 12.4. The number of aryl methyl sites for hydroxylation is 1. The lowest BCUT2D eigenvalue weighted by Crippen LogP contribution is -2.17. The van der Waals surface area contributed by atoms with Crippen LogP contribution in [0.4, 0.5) is 8.78 Å². The molecule has 0 radical (unpaired) electrons. The summed E-state index contributed by atoms with van der Waals surface area (Å²) < 4.78 is 26.0. The minimum Gasteiger partial charge on any atom is -0.386 e. The Bertz CT molecular complexity index is 302. The van der Waals surface area contributed by atoms with Crippen LogP contribution < -0.4 is 0 Å². The van der Waals surface area contributed by atoms with Crippen LogP contribution in [0.25, 0.3) is 0 Å². The largest absolute Gasteiger partial charge is 0.386 e. The SMILES string of the molecule is Cn1cc(C(C)(C)O)c(C(F)F)n1. The molecule has 0 aliphatic heterocycles. The van der Waals surface area contributed by atoms with Gasteiger partial charge in [0.25, 0.3) is 6.43 Å². The summed E-state index contributed by atoms with van der Waals surface area (Å²) in [5.41, 5.74) is -1.46. The second-order valence-electron chi connectivity index (χ2n) is 3.46. The summed E-state index contributed by atoms with van der Waals surface area (Å²) in [5.74, 6) is 0. The third-order valence-electron chi connectivity index (χ3n) is 1.72. The van der Waals surface area contributed by atoms with Gasteiger partial charge in [0.1, 0.15) is 5.69 Å². The predicted molar refractivity (Wildman–Crippen MR) is 43.4 cm³/mol. The minimum absolute atomic E-state index is 0.171. The predicted octanol–water partition coefficient (Wildman–Crippen LogP) is 1.59. The molecule has 0 aliphatic rings. The Morgan fingerprint density at radius 3 is 2.38 bits per heavy atom. The average Bonchev–Trinajstić information content (AvgIpc) is 2.29. The Kier molecular flexibility index (Phi) is 2.38. The van der Waals surface area contributed by atoms with Gasteiger partial charge in [0.2, 0.25) is 0 Å². The van der Waals surface area contributed by atoms with E-state index in [0.29, 0.717) is 0 Å². The number of hydrogen-bond donors (Lipinski definition) is 1. The van der Waals surface area contributed by atoms with Crippen LogP contribution in [0.3, 0.4) is 0 Å². The lowest BCUT2D eigenvalue weighted by molar-refractivity contribution is 0.0697. The summed E-state index contributed by atoms with van der Waals surface area (Å²) in [4.78, 5) is 0. The number of rotatable bonds is 2. The number of halogens is 2. The summed E-state index contributed by atoms with van der Waals surface area (Å²) in [5, 5.41) is 13.1. The summed E-state index contributed by atoms with van der Waals surface area (Å²) in [6.07, 6.45) is -1.25. The highest BCUT2D eigenvalue weighted by Crippen LogP contribution is 2.29. The lowest BCUT2D eigenvalue weighted by Gasteiger charge is -2.16. The molecule has 0 bridgehead atoms. The van der Waals surface area contributed by atoms with Crippen molar-refractivity contribution in [2.45, 2.75) is 25.9 Å². The fourth-order valence-corrected chi connectivity index (χ4v) is 1.14. The first-order valence-electron chi connectivity index (χ1n) is 3.87. The van der Waals surface area contributed by atoms with Crippen molar-refractivity contribution < 1.29 is 13.9 Å². The molecule has 0 spiro atoms. The quantitative estimate of drug-likeness (QED) is 0.768. The molecule has 5 heteroatoms. The molecular weight excluding hydrogens is 178 g/mol. The van der Waals surface area contributed by atoms with E-state index in [2.05, 4.69) is 5.10 Å². The van der Waals surface area contributed by atoms with Crippen molar-refractivity contribution in [2.24, 2.45) is 7.05 Å². The Morgan fingerprint density at radius 1 is 1.54 bits per heavy atom. The van der Waals surface area contributed by atoms with Gasteiger partial charge in [0.05, 0.1) is 5.60 Å². The van der Waals surface area contributed by atoms with E-state index in [9.17, 15) is 13.9 Å². The van der Waals surface area contributed by atoms with Crippen molar-refractivity contribution in [3.8, 4) is 0 Å². The second-order valence-corrected chi connectivity index (χ2v) is 3.46. The molecule has 0 saturated heterocycles. The summed E-state index contributed by atoms with van der Waals surface area (Å²) in [6.45, 7) is 2.91. The van der Waals surface area contributed by atoms with Crippen molar-refractivity contribution in [3.05, 3.63) is 17.5 Å². The van der Waals surface area contributed by atoms with Crippen LogP contribution in [0, 0.1) is 0 Å². The Labute approximate surface area is 75.0 Å². The normalized spacial score (nSPS) is 12.5. The van der Waals surface area contributed by atoms with Crippen molar-refractivity contribution in [1.29, 1.82) is 0 Å². The molecule has 0 unspecified atom stereocenters. The smallest absolute Gasteiger partial charge is 0.282 e. The van der Waals surface area contributed by atoms with Gasteiger partial charge < -0.3 is 5.11 Å². The van der Waals surface area contributed by atoms with E-state index < -0.39 is 12.0 Å². The fraction of sp³-hybridized carbons (Fsp3) is 0.625. The van der Waals surface area contributed by atoms with E-state index in [1.165, 1.54) is 24.7 Å². The fourth-order valence-electron chi connectivity index (χ4n) is 1.14. The third-order valence-corrected chi connectivity index (χ3v) is 1.72. The molecule has 0 aromatic carbocycles. The first-order chi connectivity index (χ1) is 5.82. The molecule has 0 amide bonds. The molecule has 0 aliphatic carbocycles. The number of nitrogens with zero attached hydrogens (tertiary/aromatic N) is 2. The van der Waals surface area contributed by atoms with Crippen molar-refractivity contribution in [3.63, 3.8) is 0 Å². The monoisotopic (exact) mass is 190 g/mol. The van der Waals surface area contributed by atoms with E-state index in [-0.39, 0.29) is 11.3 Å². The molecule has 74 valence electrons. The Balaban J connectivity index is 3.20. The average molecular weight is 190 g/mol. The van der Waals surface area contributed by atoms with Gasteiger partial charge in [0, 0.05) is 18.8 Å². The number of aliphatic hydroxyl groups is 1. The van der Waals surface area contributed by atoms with E-state index in [1.54, 1.807) is 7.05 Å². The molecule has 3 nitrogen and oxygen atoms in total. The molecule has 1 N–H and O–H groups in total. The first kappa shape index (κ1) is 10.1. The molecule has 1 rings (SSSR count). The minimum atomic E-state index is -2.65. The first-order valence-corrected chi connectivity index (χ1v) is 3.87. The lowest BCUT2D eigenvalue weighted by atomic mass is 9.99. The zero-order valence-corrected chi connectivity index (χ0v) is 7.75.